The first-order valence-corrected chi connectivity index (χ1v) is 21.2. The third-order valence-corrected chi connectivity index (χ3v) is 13.1. The number of nitrogens with zero attached hydrogens (tertiary/aromatic N) is 3. The van der Waals surface area contributed by atoms with Gasteiger partial charge in [0, 0.05) is 29.0 Å². The lowest BCUT2D eigenvalue weighted by atomic mass is 9.85. The van der Waals surface area contributed by atoms with Gasteiger partial charge in [0.05, 0.1) is 17.4 Å². The number of sulfonamides is 1. The van der Waals surface area contributed by atoms with Crippen LogP contribution in [0.15, 0.2) is 89.9 Å². The fourth-order valence-corrected chi connectivity index (χ4v) is 9.03. The lowest BCUT2D eigenvalue weighted by molar-refractivity contribution is -0.141. The number of hydrogen-bond donors (Lipinski definition) is 3. The minimum atomic E-state index is -4.57. The lowest BCUT2D eigenvalue weighted by Gasteiger charge is -2.36. The Hall–Kier alpha value is -6.04. The number of carbonyl (C=O) groups excluding carboxylic acids is 3. The molecule has 13 nitrogen and oxygen atoms in total. The lowest BCUT2D eigenvalue weighted by Crippen LogP contribution is -2.58. The molecule has 3 aliphatic rings. The number of alkyl halides is 3. The van der Waals surface area contributed by atoms with Crippen LogP contribution in [-0.4, -0.2) is 76.5 Å². The molecule has 61 heavy (non-hydrogen) atoms. The minimum absolute atomic E-state index is 0.0256. The number of fused-ring (bicyclic) bond motifs is 3. The number of amides is 3. The summed E-state index contributed by atoms with van der Waals surface area (Å²) in [6.45, 7) is 9.01. The van der Waals surface area contributed by atoms with E-state index in [1.165, 1.54) is 47.4 Å². The van der Waals surface area contributed by atoms with Crippen molar-refractivity contribution in [2.45, 2.75) is 81.6 Å². The molecule has 5 aromatic rings. The Morgan fingerprint density at radius 3 is 2.31 bits per heavy atom. The first-order chi connectivity index (χ1) is 28.8. The van der Waals surface area contributed by atoms with Crippen LogP contribution in [0.2, 0.25) is 0 Å². The number of halogens is 4. The molecule has 3 heterocycles. The van der Waals surface area contributed by atoms with E-state index in [1.54, 1.807) is 24.3 Å². The molecule has 2 saturated carbocycles. The number of likely N-dealkylation sites (tertiary alicyclic amines) is 1. The van der Waals surface area contributed by atoms with Gasteiger partial charge in [-0.25, -0.2) is 17.8 Å². The van der Waals surface area contributed by atoms with Crippen molar-refractivity contribution in [2.75, 3.05) is 11.9 Å². The second-order valence-electron chi connectivity index (χ2n) is 16.8. The summed E-state index contributed by atoms with van der Waals surface area (Å²) in [5, 5.41) is 5.82. The van der Waals surface area contributed by atoms with Crippen LogP contribution in [0.25, 0.3) is 33.5 Å². The molecule has 2 aliphatic carbocycles. The highest BCUT2D eigenvalue weighted by Gasteiger charge is 2.62. The summed E-state index contributed by atoms with van der Waals surface area (Å²) in [5.41, 5.74) is -1.75. The number of furan rings is 1. The number of hydrogen-bond acceptors (Lipinski definition) is 10. The van der Waals surface area contributed by atoms with Gasteiger partial charge in [0.2, 0.25) is 27.4 Å². The van der Waals surface area contributed by atoms with Gasteiger partial charge in [0.1, 0.15) is 40.6 Å². The van der Waals surface area contributed by atoms with Gasteiger partial charge in [-0.2, -0.15) is 18.2 Å². The van der Waals surface area contributed by atoms with Gasteiger partial charge in [0.15, 0.2) is 5.82 Å². The molecule has 18 heteroatoms. The monoisotopic (exact) mass is 862 g/mol. The molecule has 0 unspecified atom stereocenters. The molecule has 0 spiro atoms. The van der Waals surface area contributed by atoms with Crippen molar-refractivity contribution < 1.29 is 49.5 Å². The molecule has 0 bridgehead atoms. The van der Waals surface area contributed by atoms with E-state index in [0.717, 1.165) is 12.1 Å². The molecule has 2 aromatic heterocycles. The van der Waals surface area contributed by atoms with Crippen molar-refractivity contribution >= 4 is 55.5 Å². The standard InChI is InChI=1S/C43H42F4N6O7S/c1-5-24-21-42(24,40(56)52-61(57,58)29-18-19-29)51-37(54)31-20-28(22-53(31)39(55)35(41(2,3)4)48-27-16-14-26(44)15-17-27)59-38-34-33(30-8-6-7-9-32(30)60-34)49-36(50-38)23-10-12-25(13-11-23)43(45,46)47/h5-17,24,28-29,31,35,48H,1,18-22H2,2-4H3,(H,51,54)(H,52,56)/t24-,28-,31+,35-,42-/m1/s1. The summed E-state index contributed by atoms with van der Waals surface area (Å²) in [6.07, 6.45) is -3.31. The first kappa shape index (κ1) is 41.7. The number of aromatic nitrogens is 2. The van der Waals surface area contributed by atoms with E-state index in [9.17, 15) is 40.4 Å². The predicted octanol–water partition coefficient (Wildman–Crippen LogP) is 6.75. The van der Waals surface area contributed by atoms with Gasteiger partial charge in [-0.05, 0) is 73.2 Å². The van der Waals surface area contributed by atoms with E-state index in [-0.39, 0.29) is 42.2 Å². The molecular weight excluding hydrogens is 821 g/mol. The van der Waals surface area contributed by atoms with Gasteiger partial charge < -0.3 is 24.7 Å². The average Bonchev–Trinajstić information content (AvgIpc) is 4.11. The van der Waals surface area contributed by atoms with Gasteiger partial charge in [0.25, 0.3) is 11.8 Å². The molecule has 320 valence electrons. The Morgan fingerprint density at radius 2 is 1.69 bits per heavy atom. The summed E-state index contributed by atoms with van der Waals surface area (Å²) >= 11 is 0. The van der Waals surface area contributed by atoms with Gasteiger partial charge in [-0.15, -0.1) is 6.58 Å². The number of rotatable bonds is 12. The highest BCUT2D eigenvalue weighted by Crippen LogP contribution is 2.46. The van der Waals surface area contributed by atoms with E-state index >= 15 is 0 Å². The van der Waals surface area contributed by atoms with Gasteiger partial charge >= 0.3 is 6.18 Å². The van der Waals surface area contributed by atoms with E-state index < -0.39 is 85.6 Å². The van der Waals surface area contributed by atoms with E-state index in [1.807, 2.05) is 20.8 Å². The van der Waals surface area contributed by atoms with Crippen LogP contribution >= 0.6 is 0 Å². The summed E-state index contributed by atoms with van der Waals surface area (Å²) in [6, 6.07) is 14.4. The molecule has 3 N–H and O–H groups in total. The van der Waals surface area contributed by atoms with Crippen molar-refractivity contribution in [2.24, 2.45) is 11.3 Å². The topological polar surface area (TPSA) is 173 Å². The number of anilines is 1. The maximum absolute atomic E-state index is 14.8. The number of nitrogens with one attached hydrogen (secondary N) is 3. The van der Waals surface area contributed by atoms with Gasteiger partial charge in [-0.3, -0.25) is 19.1 Å². The molecule has 1 aliphatic heterocycles. The highest BCUT2D eigenvalue weighted by molar-refractivity contribution is 7.91. The van der Waals surface area contributed by atoms with Crippen molar-refractivity contribution in [1.82, 2.24) is 24.9 Å². The molecule has 1 saturated heterocycles. The van der Waals surface area contributed by atoms with Crippen LogP contribution in [0, 0.1) is 17.2 Å². The number of ether oxygens (including phenoxy) is 1. The number of para-hydroxylation sites is 1. The summed E-state index contributed by atoms with van der Waals surface area (Å²) in [5.74, 6) is -3.34. The van der Waals surface area contributed by atoms with Crippen molar-refractivity contribution in [3.63, 3.8) is 0 Å². The Balaban J connectivity index is 1.15. The van der Waals surface area contributed by atoms with E-state index in [0.29, 0.717) is 35.0 Å². The largest absolute Gasteiger partial charge is 0.470 e. The van der Waals surface area contributed by atoms with Crippen molar-refractivity contribution in [3.8, 4) is 17.3 Å². The van der Waals surface area contributed by atoms with Crippen LogP contribution < -0.4 is 20.1 Å². The quantitative estimate of drug-likeness (QED) is 0.0901. The van der Waals surface area contributed by atoms with E-state index in [4.69, 9.17) is 9.15 Å². The van der Waals surface area contributed by atoms with Crippen LogP contribution in [0.5, 0.6) is 5.88 Å². The van der Waals surface area contributed by atoms with Crippen molar-refractivity contribution in [3.05, 3.63) is 96.8 Å². The van der Waals surface area contributed by atoms with Crippen LogP contribution in [-0.2, 0) is 30.6 Å². The van der Waals surface area contributed by atoms with Crippen LogP contribution in [0.4, 0.5) is 23.2 Å². The average molecular weight is 863 g/mol. The second kappa shape index (κ2) is 15.1. The Morgan fingerprint density at radius 1 is 1.00 bits per heavy atom. The smallest absolute Gasteiger partial charge is 0.416 e. The molecule has 3 aromatic carbocycles. The zero-order valence-electron chi connectivity index (χ0n) is 33.3. The Bertz CT molecular complexity index is 2660. The van der Waals surface area contributed by atoms with Crippen LogP contribution in [0.3, 0.4) is 0 Å². The van der Waals surface area contributed by atoms with Gasteiger partial charge in [-0.1, -0.05) is 51.1 Å². The summed E-state index contributed by atoms with van der Waals surface area (Å²) in [7, 11) is -3.98. The molecule has 5 atom stereocenters. The minimum Gasteiger partial charge on any atom is -0.470 e. The molecular formula is C43H42F4N6O7S. The fraction of sp³-hybridized carbons (Fsp3) is 0.372. The van der Waals surface area contributed by atoms with E-state index in [2.05, 4.69) is 31.9 Å². The van der Waals surface area contributed by atoms with Crippen molar-refractivity contribution in [1.29, 1.82) is 0 Å². The third-order valence-electron chi connectivity index (χ3n) is 11.3. The second-order valence-corrected chi connectivity index (χ2v) is 18.8. The zero-order chi connectivity index (χ0) is 43.6. The highest BCUT2D eigenvalue weighted by atomic mass is 32.2. The predicted molar refractivity (Wildman–Crippen MR) is 217 cm³/mol. The maximum atomic E-state index is 14.8. The van der Waals surface area contributed by atoms with Crippen LogP contribution in [0.1, 0.15) is 52.0 Å². The zero-order valence-corrected chi connectivity index (χ0v) is 34.1. The molecule has 3 amide bonds. The number of benzene rings is 3. The third kappa shape index (κ3) is 8.24. The SMILES string of the molecule is C=C[C@@H]1C[C@]1(NC(=O)[C@@H]1C[C@@H](Oc2nc(-c3ccc(C(F)(F)F)cc3)nc3c2oc2ccccc23)CN1C(=O)[C@@H](Nc1ccc(F)cc1)C(C)(C)C)C(=O)NS(=O)(=O)C1CC1. The molecule has 8 rings (SSSR count). The fourth-order valence-electron chi connectivity index (χ4n) is 7.66. The first-order valence-electron chi connectivity index (χ1n) is 19.6. The number of carbonyl (C=O) groups is 3. The Kier molecular flexibility index (Phi) is 10.4. The maximum Gasteiger partial charge on any atom is 0.416 e. The molecule has 3 fully saturated rings. The normalized spacial score (nSPS) is 22.1. The molecule has 0 radical (unpaired) electrons. The summed E-state index contributed by atoms with van der Waals surface area (Å²) < 4.78 is 94.6. The summed E-state index contributed by atoms with van der Waals surface area (Å²) in [4.78, 5) is 53.5. The Labute approximate surface area is 348 Å².